The van der Waals surface area contributed by atoms with Crippen LogP contribution in [0.4, 0.5) is 10.1 Å². The van der Waals surface area contributed by atoms with E-state index < -0.39 is 26.8 Å². The molecule has 1 heterocycles. The highest BCUT2D eigenvalue weighted by molar-refractivity contribution is 7.89. The van der Waals surface area contributed by atoms with E-state index in [2.05, 4.69) is 0 Å². The first-order valence-corrected chi connectivity index (χ1v) is 7.57. The second-order valence-electron chi connectivity index (χ2n) is 4.40. The Morgan fingerprint density at radius 2 is 2.21 bits per heavy atom. The first-order chi connectivity index (χ1) is 8.87. The minimum atomic E-state index is -4.04. The van der Waals surface area contributed by atoms with Crippen molar-refractivity contribution in [1.29, 1.82) is 0 Å². The SMILES string of the molecule is Nc1cc(Cl)cc(S(=O)(=O)N2CCCC2CO)c1F. The minimum absolute atomic E-state index is 0.0530. The quantitative estimate of drug-likeness (QED) is 0.822. The Bertz CT molecular complexity index is 594. The van der Waals surface area contributed by atoms with Gasteiger partial charge < -0.3 is 10.8 Å². The van der Waals surface area contributed by atoms with Crippen molar-refractivity contribution in [3.05, 3.63) is 23.0 Å². The molecule has 1 aliphatic rings. The van der Waals surface area contributed by atoms with Crippen molar-refractivity contribution in [3.63, 3.8) is 0 Å². The fraction of sp³-hybridized carbons (Fsp3) is 0.455. The summed E-state index contributed by atoms with van der Waals surface area (Å²) in [6.07, 6.45) is 1.18. The van der Waals surface area contributed by atoms with Crippen LogP contribution in [0.2, 0.25) is 5.02 Å². The predicted octanol–water partition coefficient (Wildman–Crippen LogP) is 1.21. The molecule has 106 valence electrons. The summed E-state index contributed by atoms with van der Waals surface area (Å²) in [6.45, 7) is -0.0453. The van der Waals surface area contributed by atoms with E-state index in [1.54, 1.807) is 0 Å². The van der Waals surface area contributed by atoms with Crippen molar-refractivity contribution >= 4 is 27.3 Å². The Hall–Kier alpha value is -0.890. The van der Waals surface area contributed by atoms with Crippen molar-refractivity contribution in [3.8, 4) is 0 Å². The van der Waals surface area contributed by atoms with Gasteiger partial charge in [-0.15, -0.1) is 0 Å². The fourth-order valence-corrected chi connectivity index (χ4v) is 4.30. The Morgan fingerprint density at radius 3 is 2.84 bits per heavy atom. The zero-order valence-electron chi connectivity index (χ0n) is 10.0. The van der Waals surface area contributed by atoms with Gasteiger partial charge in [0.25, 0.3) is 0 Å². The van der Waals surface area contributed by atoms with Gasteiger partial charge in [-0.1, -0.05) is 11.6 Å². The molecule has 0 aromatic heterocycles. The first kappa shape index (κ1) is 14.5. The van der Waals surface area contributed by atoms with Crippen molar-refractivity contribution in [2.24, 2.45) is 0 Å². The molecule has 3 N–H and O–H groups in total. The third-order valence-corrected chi connectivity index (χ3v) is 5.32. The molecule has 5 nitrogen and oxygen atoms in total. The van der Waals surface area contributed by atoms with Crippen LogP contribution in [-0.2, 0) is 10.0 Å². The van der Waals surface area contributed by atoms with Gasteiger partial charge in [-0.25, -0.2) is 12.8 Å². The van der Waals surface area contributed by atoms with E-state index >= 15 is 0 Å². The Morgan fingerprint density at radius 1 is 1.53 bits per heavy atom. The average Bonchev–Trinajstić information content (AvgIpc) is 2.82. The second kappa shape index (κ2) is 5.24. The third kappa shape index (κ3) is 2.55. The molecule has 1 saturated heterocycles. The molecule has 0 bridgehead atoms. The summed E-state index contributed by atoms with van der Waals surface area (Å²) in [5.74, 6) is -1.01. The summed E-state index contributed by atoms with van der Waals surface area (Å²) in [7, 11) is -4.04. The number of rotatable bonds is 3. The summed E-state index contributed by atoms with van der Waals surface area (Å²) < 4.78 is 39.8. The van der Waals surface area contributed by atoms with E-state index in [0.29, 0.717) is 12.8 Å². The van der Waals surface area contributed by atoms with Crippen molar-refractivity contribution in [2.75, 3.05) is 18.9 Å². The van der Waals surface area contributed by atoms with Crippen LogP contribution >= 0.6 is 11.6 Å². The number of sulfonamides is 1. The van der Waals surface area contributed by atoms with E-state index in [1.165, 1.54) is 0 Å². The zero-order chi connectivity index (χ0) is 14.2. The van der Waals surface area contributed by atoms with Gasteiger partial charge in [-0.2, -0.15) is 4.31 Å². The van der Waals surface area contributed by atoms with Crippen LogP contribution in [0.25, 0.3) is 0 Å². The third-order valence-electron chi connectivity index (χ3n) is 3.15. The summed E-state index contributed by atoms with van der Waals surface area (Å²) in [5.41, 5.74) is 5.08. The molecule has 0 saturated carbocycles. The van der Waals surface area contributed by atoms with Crippen LogP contribution in [0.5, 0.6) is 0 Å². The molecule has 0 amide bonds. The molecule has 1 aromatic rings. The number of benzene rings is 1. The molecule has 2 rings (SSSR count). The van der Waals surface area contributed by atoms with Crippen molar-refractivity contribution in [2.45, 2.75) is 23.8 Å². The molecular weight excluding hydrogens is 295 g/mol. The zero-order valence-corrected chi connectivity index (χ0v) is 11.6. The number of nitrogens with two attached hydrogens (primary N) is 1. The van der Waals surface area contributed by atoms with Gasteiger partial charge in [0, 0.05) is 17.6 Å². The van der Waals surface area contributed by atoms with E-state index in [0.717, 1.165) is 16.4 Å². The maximum Gasteiger partial charge on any atom is 0.246 e. The number of nitrogen functional groups attached to an aromatic ring is 1. The summed E-state index contributed by atoms with van der Waals surface area (Å²) in [6, 6.07) is 1.67. The molecule has 0 radical (unpaired) electrons. The van der Waals surface area contributed by atoms with Crippen LogP contribution in [0, 0.1) is 5.82 Å². The van der Waals surface area contributed by atoms with Gasteiger partial charge in [0.15, 0.2) is 5.82 Å². The number of hydrogen-bond acceptors (Lipinski definition) is 4. The van der Waals surface area contributed by atoms with Crippen LogP contribution in [-0.4, -0.2) is 37.0 Å². The summed E-state index contributed by atoms with van der Waals surface area (Å²) in [4.78, 5) is -0.544. The Balaban J connectivity index is 2.51. The molecule has 0 spiro atoms. The lowest BCUT2D eigenvalue weighted by molar-refractivity contribution is 0.213. The van der Waals surface area contributed by atoms with E-state index in [1.807, 2.05) is 0 Å². The first-order valence-electron chi connectivity index (χ1n) is 5.75. The minimum Gasteiger partial charge on any atom is -0.396 e. The van der Waals surface area contributed by atoms with Gasteiger partial charge in [-0.3, -0.25) is 0 Å². The molecular formula is C11H14ClFN2O3S. The number of aliphatic hydroxyl groups excluding tert-OH is 1. The normalized spacial score (nSPS) is 20.9. The van der Waals surface area contributed by atoms with E-state index in [9.17, 15) is 17.9 Å². The van der Waals surface area contributed by atoms with Crippen LogP contribution in [0.3, 0.4) is 0 Å². The van der Waals surface area contributed by atoms with Crippen molar-refractivity contribution < 1.29 is 17.9 Å². The highest BCUT2D eigenvalue weighted by Gasteiger charge is 2.36. The smallest absolute Gasteiger partial charge is 0.246 e. The fourth-order valence-electron chi connectivity index (χ4n) is 2.21. The lowest BCUT2D eigenvalue weighted by Crippen LogP contribution is -2.38. The average molecular weight is 309 g/mol. The number of aliphatic hydroxyl groups is 1. The van der Waals surface area contributed by atoms with Gasteiger partial charge in [-0.05, 0) is 25.0 Å². The lowest BCUT2D eigenvalue weighted by Gasteiger charge is -2.23. The molecule has 8 heteroatoms. The van der Waals surface area contributed by atoms with Crippen LogP contribution in [0.15, 0.2) is 17.0 Å². The maximum absolute atomic E-state index is 13.9. The molecule has 1 atom stereocenters. The highest BCUT2D eigenvalue weighted by Crippen LogP contribution is 2.31. The molecule has 1 fully saturated rings. The second-order valence-corrected chi connectivity index (χ2v) is 6.70. The van der Waals surface area contributed by atoms with E-state index in [4.69, 9.17) is 17.3 Å². The van der Waals surface area contributed by atoms with Gasteiger partial charge in [0.2, 0.25) is 10.0 Å². The van der Waals surface area contributed by atoms with Gasteiger partial charge >= 0.3 is 0 Å². The number of nitrogens with zero attached hydrogens (tertiary/aromatic N) is 1. The van der Waals surface area contributed by atoms with Crippen molar-refractivity contribution in [1.82, 2.24) is 4.31 Å². The van der Waals surface area contributed by atoms with Gasteiger partial charge in [0.05, 0.1) is 12.3 Å². The number of halogens is 2. The monoisotopic (exact) mass is 308 g/mol. The number of anilines is 1. The summed E-state index contributed by atoms with van der Waals surface area (Å²) >= 11 is 5.73. The largest absolute Gasteiger partial charge is 0.396 e. The summed E-state index contributed by atoms with van der Waals surface area (Å²) in [5, 5.41) is 9.23. The standard InChI is InChI=1S/C11H14ClFN2O3S/c12-7-4-9(14)11(13)10(5-7)19(17,18)15-3-1-2-8(15)6-16/h4-5,8,16H,1-3,6,14H2. The molecule has 1 aliphatic heterocycles. The van der Waals surface area contributed by atoms with Gasteiger partial charge in [0.1, 0.15) is 4.90 Å². The van der Waals surface area contributed by atoms with Crippen LogP contribution < -0.4 is 5.73 Å². The van der Waals surface area contributed by atoms with Crippen LogP contribution in [0.1, 0.15) is 12.8 Å². The number of hydrogen-bond donors (Lipinski definition) is 2. The Kier molecular flexibility index (Phi) is 4.00. The molecule has 0 aliphatic carbocycles. The molecule has 1 unspecified atom stereocenters. The Labute approximate surface area is 115 Å². The lowest BCUT2D eigenvalue weighted by atomic mass is 10.2. The molecule has 19 heavy (non-hydrogen) atoms. The predicted molar refractivity (Wildman–Crippen MR) is 69.8 cm³/mol. The highest BCUT2D eigenvalue weighted by atomic mass is 35.5. The van der Waals surface area contributed by atoms with E-state index in [-0.39, 0.29) is 23.9 Å². The molecule has 1 aromatic carbocycles. The topological polar surface area (TPSA) is 83.6 Å². The maximum atomic E-state index is 13.9.